The van der Waals surface area contributed by atoms with Gasteiger partial charge in [-0.1, -0.05) is 18.2 Å². The Morgan fingerprint density at radius 2 is 1.94 bits per heavy atom. The normalized spacial score (nSPS) is 15.1. The van der Waals surface area contributed by atoms with Crippen LogP contribution in [0.5, 0.6) is 5.75 Å². The lowest BCUT2D eigenvalue weighted by Gasteiger charge is -2.35. The lowest BCUT2D eigenvalue weighted by Crippen LogP contribution is -2.57. The van der Waals surface area contributed by atoms with Gasteiger partial charge < -0.3 is 19.6 Å². The molecule has 0 radical (unpaired) electrons. The monoisotopic (exact) mass is 455 g/mol. The van der Waals surface area contributed by atoms with Crippen molar-refractivity contribution >= 4 is 5.65 Å². The maximum absolute atomic E-state index is 14.9. The molecule has 1 saturated heterocycles. The van der Waals surface area contributed by atoms with E-state index in [1.165, 1.54) is 24.5 Å². The van der Waals surface area contributed by atoms with Gasteiger partial charge in [0.15, 0.2) is 5.82 Å². The molecule has 10 heteroatoms. The molecule has 2 N–H and O–H groups in total. The smallest absolute Gasteiger partial charge is 0.387 e. The summed E-state index contributed by atoms with van der Waals surface area (Å²) in [6, 6.07) is 7.85. The molecule has 3 aromatic heterocycles. The molecule has 4 aromatic rings. The number of hydrogen-bond acceptors (Lipinski definition) is 6. The van der Waals surface area contributed by atoms with Crippen LogP contribution in [0.4, 0.5) is 13.2 Å². The van der Waals surface area contributed by atoms with E-state index in [0.29, 0.717) is 41.3 Å². The average Bonchev–Trinajstić information content (AvgIpc) is 3.06. The molecule has 1 aliphatic heterocycles. The predicted molar refractivity (Wildman–Crippen MR) is 114 cm³/mol. The number of nitrogens with one attached hydrogen (secondary N) is 1. The molecule has 4 heterocycles. The molecule has 0 bridgehead atoms. The van der Waals surface area contributed by atoms with E-state index >= 15 is 0 Å². The largest absolute Gasteiger partial charge is 0.435 e. The van der Waals surface area contributed by atoms with Gasteiger partial charge in [0.25, 0.3) is 0 Å². The van der Waals surface area contributed by atoms with Gasteiger partial charge >= 0.3 is 6.61 Å². The quantitative estimate of drug-likeness (QED) is 0.465. The highest BCUT2D eigenvalue weighted by atomic mass is 19.3. The number of ether oxygens (including phenoxy) is 1. The molecular weight excluding hydrogens is 435 g/mol. The summed E-state index contributed by atoms with van der Waals surface area (Å²) in [5.74, 6) is -0.140. The Kier molecular flexibility index (Phi) is 5.26. The van der Waals surface area contributed by atoms with Crippen molar-refractivity contribution in [3.05, 3.63) is 77.5 Å². The first-order valence-corrected chi connectivity index (χ1v) is 10.3. The van der Waals surface area contributed by atoms with E-state index in [1.807, 2.05) is 0 Å². The highest BCUT2D eigenvalue weighted by molar-refractivity contribution is 5.64. The van der Waals surface area contributed by atoms with E-state index in [9.17, 15) is 18.3 Å². The summed E-state index contributed by atoms with van der Waals surface area (Å²) in [6.45, 7) is -0.434. The number of para-hydroxylation sites is 1. The first-order valence-electron chi connectivity index (χ1n) is 10.3. The van der Waals surface area contributed by atoms with Gasteiger partial charge in [-0.3, -0.25) is 0 Å². The van der Waals surface area contributed by atoms with Crippen molar-refractivity contribution in [3.8, 4) is 16.9 Å². The van der Waals surface area contributed by atoms with Crippen LogP contribution in [0.15, 0.2) is 48.9 Å². The number of pyridine rings is 1. The van der Waals surface area contributed by atoms with Crippen molar-refractivity contribution in [2.45, 2.75) is 25.6 Å². The van der Waals surface area contributed by atoms with Gasteiger partial charge in [0.1, 0.15) is 22.8 Å². The van der Waals surface area contributed by atoms with Crippen LogP contribution in [-0.2, 0) is 12.0 Å². The zero-order chi connectivity index (χ0) is 23.2. The van der Waals surface area contributed by atoms with Crippen molar-refractivity contribution in [2.24, 2.45) is 0 Å². The van der Waals surface area contributed by atoms with Gasteiger partial charge in [-0.2, -0.15) is 8.78 Å². The second kappa shape index (κ2) is 8.13. The van der Waals surface area contributed by atoms with E-state index in [4.69, 9.17) is 0 Å². The van der Waals surface area contributed by atoms with Crippen molar-refractivity contribution in [1.82, 2.24) is 24.7 Å². The predicted octanol–water partition coefficient (Wildman–Crippen LogP) is 3.22. The fourth-order valence-electron chi connectivity index (χ4n) is 3.92. The Bertz CT molecular complexity index is 1320. The van der Waals surface area contributed by atoms with E-state index in [-0.39, 0.29) is 23.6 Å². The summed E-state index contributed by atoms with van der Waals surface area (Å²) < 4.78 is 46.9. The highest BCUT2D eigenvalue weighted by Crippen LogP contribution is 2.29. The molecule has 0 spiro atoms. The molecule has 0 unspecified atom stereocenters. The first kappa shape index (κ1) is 21.4. The van der Waals surface area contributed by atoms with Crippen LogP contribution >= 0.6 is 0 Å². The number of β-amino-alcohol motifs (C(OH)–C–C–N with tert-alkyl or cyclic N) is 1. The average molecular weight is 455 g/mol. The number of aliphatic hydroxyl groups is 1. The minimum Gasteiger partial charge on any atom is -0.435 e. The molecule has 1 aliphatic rings. The Morgan fingerprint density at radius 3 is 2.61 bits per heavy atom. The second-order valence-corrected chi connectivity index (χ2v) is 8.00. The molecule has 0 atom stereocenters. The lowest BCUT2D eigenvalue weighted by atomic mass is 9.96. The number of nitrogens with zero attached hydrogens (tertiary/aromatic N) is 4. The summed E-state index contributed by atoms with van der Waals surface area (Å²) >= 11 is 0. The number of alkyl halides is 2. The number of hydrogen-bond donors (Lipinski definition) is 2. The van der Waals surface area contributed by atoms with E-state index in [0.717, 1.165) is 0 Å². The Hall–Kier alpha value is -3.50. The molecule has 0 amide bonds. The molecule has 0 saturated carbocycles. The van der Waals surface area contributed by atoms with Crippen LogP contribution in [0.25, 0.3) is 16.8 Å². The molecule has 0 aliphatic carbocycles. The van der Waals surface area contributed by atoms with Crippen LogP contribution in [0.3, 0.4) is 0 Å². The summed E-state index contributed by atoms with van der Waals surface area (Å²) in [4.78, 5) is 12.9. The van der Waals surface area contributed by atoms with Gasteiger partial charge in [0.2, 0.25) is 0 Å². The second-order valence-electron chi connectivity index (χ2n) is 8.00. The Labute approximate surface area is 186 Å². The van der Waals surface area contributed by atoms with E-state index < -0.39 is 18.0 Å². The van der Waals surface area contributed by atoms with Crippen molar-refractivity contribution in [2.75, 3.05) is 13.1 Å². The van der Waals surface area contributed by atoms with Crippen LogP contribution in [0, 0.1) is 12.7 Å². The minimum atomic E-state index is -2.94. The summed E-state index contributed by atoms with van der Waals surface area (Å²) in [7, 11) is 0. The number of rotatable bonds is 6. The standard InChI is InChI=1S/C23H20F3N5O2/c1-13-18(6-14-4-2-3-5-19(14)33-22(25)26)31-10-16(17(24)7-20(31)30-13)15-8-28-21(29-9-15)23(32)11-27-12-23/h2-5,7-10,22,27,32H,6,11-12H2,1H3. The third kappa shape index (κ3) is 3.91. The van der Waals surface area contributed by atoms with Crippen molar-refractivity contribution < 1.29 is 23.0 Å². The summed E-state index contributed by atoms with van der Waals surface area (Å²) in [5, 5.41) is 13.3. The van der Waals surface area contributed by atoms with Gasteiger partial charge in [-0.15, -0.1) is 0 Å². The Morgan fingerprint density at radius 1 is 1.21 bits per heavy atom. The SMILES string of the molecule is Cc1nc2cc(F)c(-c3cnc(C4(O)CNC4)nc3)cn2c1Cc1ccccc1OC(F)F. The van der Waals surface area contributed by atoms with Crippen LogP contribution in [-0.4, -0.2) is 44.2 Å². The van der Waals surface area contributed by atoms with Crippen LogP contribution in [0.1, 0.15) is 22.8 Å². The number of halogens is 3. The minimum absolute atomic E-state index is 0.0802. The molecule has 5 rings (SSSR count). The number of fused-ring (bicyclic) bond motifs is 1. The molecule has 170 valence electrons. The van der Waals surface area contributed by atoms with Crippen LogP contribution < -0.4 is 10.1 Å². The lowest BCUT2D eigenvalue weighted by molar-refractivity contribution is -0.0504. The Balaban J connectivity index is 1.53. The van der Waals surface area contributed by atoms with Crippen molar-refractivity contribution in [1.29, 1.82) is 0 Å². The third-order valence-electron chi connectivity index (χ3n) is 5.77. The van der Waals surface area contributed by atoms with E-state index in [1.54, 1.807) is 35.7 Å². The fourth-order valence-corrected chi connectivity index (χ4v) is 3.92. The van der Waals surface area contributed by atoms with Gasteiger partial charge in [0.05, 0.1) is 5.69 Å². The fraction of sp³-hybridized carbons (Fsp3) is 0.261. The van der Waals surface area contributed by atoms with Gasteiger partial charge in [-0.25, -0.2) is 19.3 Å². The molecule has 7 nitrogen and oxygen atoms in total. The topological polar surface area (TPSA) is 84.6 Å². The summed E-state index contributed by atoms with van der Waals surface area (Å²) in [5.41, 5.74) is 1.89. The molecule has 1 fully saturated rings. The van der Waals surface area contributed by atoms with Crippen LogP contribution in [0.2, 0.25) is 0 Å². The number of aryl methyl sites for hydroxylation is 1. The third-order valence-corrected chi connectivity index (χ3v) is 5.77. The maximum atomic E-state index is 14.9. The number of imidazole rings is 1. The van der Waals surface area contributed by atoms with Gasteiger partial charge in [-0.05, 0) is 13.0 Å². The number of aromatic nitrogens is 4. The molecular formula is C23H20F3N5O2. The molecule has 33 heavy (non-hydrogen) atoms. The zero-order valence-corrected chi connectivity index (χ0v) is 17.6. The van der Waals surface area contributed by atoms with E-state index in [2.05, 4.69) is 25.0 Å². The van der Waals surface area contributed by atoms with Crippen molar-refractivity contribution in [3.63, 3.8) is 0 Å². The number of benzene rings is 1. The van der Waals surface area contributed by atoms with Gasteiger partial charge in [0, 0.05) is 66.6 Å². The highest BCUT2D eigenvalue weighted by Gasteiger charge is 2.39. The zero-order valence-electron chi connectivity index (χ0n) is 17.6. The molecule has 1 aromatic carbocycles. The maximum Gasteiger partial charge on any atom is 0.387 e. The summed E-state index contributed by atoms with van der Waals surface area (Å²) in [6.07, 6.45) is 4.79. The first-order chi connectivity index (χ1) is 15.8.